The van der Waals surface area contributed by atoms with Crippen molar-refractivity contribution in [3.8, 4) is 0 Å². The Balaban J connectivity index is 1.77. The van der Waals surface area contributed by atoms with Crippen molar-refractivity contribution in [2.24, 2.45) is 0 Å². The quantitative estimate of drug-likeness (QED) is 0.855. The summed E-state index contributed by atoms with van der Waals surface area (Å²) in [5.41, 5.74) is 1.23. The number of nitrogens with one attached hydrogen (secondary N) is 1. The molecule has 6 heteroatoms. The molecule has 0 aromatic heterocycles. The standard InChI is InChI=1S/C15H19N2O3P/c18-13(20-21)11-4-6-12(7-5-11)17-10-15(16-14(17)19)8-2-1-3-9-15/h4-7H,1-3,8-10,21H2,(H,16,19). The van der Waals surface area contributed by atoms with E-state index in [0.29, 0.717) is 12.1 Å². The predicted octanol–water partition coefficient (Wildman–Crippen LogP) is 2.87. The fourth-order valence-corrected chi connectivity index (χ4v) is 3.41. The van der Waals surface area contributed by atoms with E-state index in [2.05, 4.69) is 9.84 Å². The van der Waals surface area contributed by atoms with Gasteiger partial charge in [0, 0.05) is 5.69 Å². The number of urea groups is 1. The van der Waals surface area contributed by atoms with E-state index in [9.17, 15) is 9.59 Å². The minimum atomic E-state index is -0.402. The van der Waals surface area contributed by atoms with Crippen LogP contribution in [0, 0.1) is 0 Å². The lowest BCUT2D eigenvalue weighted by Crippen LogP contribution is -2.44. The van der Waals surface area contributed by atoms with Crippen molar-refractivity contribution in [1.82, 2.24) is 5.32 Å². The third-order valence-corrected chi connectivity index (χ3v) is 4.62. The smallest absolute Gasteiger partial charge is 0.340 e. The zero-order valence-corrected chi connectivity index (χ0v) is 13.0. The van der Waals surface area contributed by atoms with E-state index >= 15 is 0 Å². The van der Waals surface area contributed by atoms with Gasteiger partial charge in [-0.3, -0.25) is 4.90 Å². The normalized spacial score (nSPS) is 20.4. The maximum atomic E-state index is 12.2. The first-order chi connectivity index (χ1) is 10.1. The van der Waals surface area contributed by atoms with Gasteiger partial charge in [0.05, 0.1) is 27.1 Å². The molecule has 21 heavy (non-hydrogen) atoms. The van der Waals surface area contributed by atoms with E-state index in [-0.39, 0.29) is 11.6 Å². The van der Waals surface area contributed by atoms with Gasteiger partial charge in [-0.15, -0.1) is 0 Å². The van der Waals surface area contributed by atoms with Gasteiger partial charge < -0.3 is 9.84 Å². The van der Waals surface area contributed by atoms with Crippen LogP contribution in [0.2, 0.25) is 0 Å². The Hall–Kier alpha value is -1.61. The van der Waals surface area contributed by atoms with Crippen molar-refractivity contribution in [3.63, 3.8) is 0 Å². The SMILES string of the molecule is O=C(OP)c1ccc(N2CC3(CCCCC3)NC2=O)cc1. The number of hydrogen-bond acceptors (Lipinski definition) is 3. The van der Waals surface area contributed by atoms with Gasteiger partial charge in [0.2, 0.25) is 0 Å². The molecule has 1 saturated carbocycles. The zero-order valence-electron chi connectivity index (χ0n) is 11.8. The van der Waals surface area contributed by atoms with Gasteiger partial charge in [0.15, 0.2) is 0 Å². The zero-order chi connectivity index (χ0) is 14.9. The molecule has 1 aromatic carbocycles. The highest BCUT2D eigenvalue weighted by Crippen LogP contribution is 2.34. The van der Waals surface area contributed by atoms with Crippen molar-refractivity contribution in [2.75, 3.05) is 11.4 Å². The maximum Gasteiger partial charge on any atom is 0.340 e. The lowest BCUT2D eigenvalue weighted by Gasteiger charge is -2.32. The number of hydrogen-bond donors (Lipinski definition) is 1. The summed E-state index contributed by atoms with van der Waals surface area (Å²) in [6.07, 6.45) is 5.70. The molecular formula is C15H19N2O3P. The topological polar surface area (TPSA) is 58.6 Å². The first-order valence-electron chi connectivity index (χ1n) is 7.24. The number of rotatable bonds is 2. The predicted molar refractivity (Wildman–Crippen MR) is 83.3 cm³/mol. The lowest BCUT2D eigenvalue weighted by atomic mass is 9.82. The van der Waals surface area contributed by atoms with E-state index in [1.165, 1.54) is 19.3 Å². The number of benzene rings is 1. The van der Waals surface area contributed by atoms with Crippen LogP contribution >= 0.6 is 9.47 Å². The van der Waals surface area contributed by atoms with Crippen molar-refractivity contribution in [1.29, 1.82) is 0 Å². The molecule has 5 nitrogen and oxygen atoms in total. The summed E-state index contributed by atoms with van der Waals surface area (Å²) >= 11 is 0. The second-order valence-corrected chi connectivity index (χ2v) is 6.05. The third kappa shape index (κ3) is 2.75. The van der Waals surface area contributed by atoms with E-state index in [0.717, 1.165) is 18.5 Å². The van der Waals surface area contributed by atoms with Gasteiger partial charge in [-0.1, -0.05) is 19.3 Å². The molecule has 112 valence electrons. The maximum absolute atomic E-state index is 12.2. The van der Waals surface area contributed by atoms with Crippen molar-refractivity contribution in [2.45, 2.75) is 37.6 Å². The van der Waals surface area contributed by atoms with Crippen LogP contribution in [-0.2, 0) is 4.52 Å². The average Bonchev–Trinajstić information content (AvgIpc) is 2.83. The van der Waals surface area contributed by atoms with Gasteiger partial charge >= 0.3 is 12.0 Å². The summed E-state index contributed by atoms with van der Waals surface area (Å²) in [5, 5.41) is 3.16. The second kappa shape index (κ2) is 5.64. The largest absolute Gasteiger partial charge is 0.448 e. The molecule has 2 fully saturated rings. The Labute approximate surface area is 126 Å². The van der Waals surface area contributed by atoms with Gasteiger partial charge in [-0.25, -0.2) is 9.59 Å². The van der Waals surface area contributed by atoms with Crippen LogP contribution < -0.4 is 10.2 Å². The average molecular weight is 306 g/mol. The van der Waals surface area contributed by atoms with Gasteiger partial charge in [-0.05, 0) is 37.1 Å². The van der Waals surface area contributed by atoms with Crippen LogP contribution in [-0.4, -0.2) is 24.1 Å². The first kappa shape index (κ1) is 14.3. The number of anilines is 1. The summed E-state index contributed by atoms with van der Waals surface area (Å²) in [6, 6.07) is 6.90. The third-order valence-electron chi connectivity index (χ3n) is 4.41. The summed E-state index contributed by atoms with van der Waals surface area (Å²) in [5.74, 6) is -0.402. The van der Waals surface area contributed by atoms with Gasteiger partial charge in [-0.2, -0.15) is 0 Å². The van der Waals surface area contributed by atoms with Crippen molar-refractivity contribution in [3.05, 3.63) is 29.8 Å². The molecule has 1 N–H and O–H groups in total. The summed E-state index contributed by atoms with van der Waals surface area (Å²) in [7, 11) is 1.94. The molecule has 1 heterocycles. The van der Waals surface area contributed by atoms with Gasteiger partial charge in [0.1, 0.15) is 0 Å². The fourth-order valence-electron chi connectivity index (χ4n) is 3.27. The molecule has 0 radical (unpaired) electrons. The monoisotopic (exact) mass is 306 g/mol. The Morgan fingerprint density at radius 2 is 1.86 bits per heavy atom. The number of nitrogens with zero attached hydrogens (tertiary/aromatic N) is 1. The van der Waals surface area contributed by atoms with E-state index in [4.69, 9.17) is 0 Å². The minimum Gasteiger partial charge on any atom is -0.448 e. The Bertz CT molecular complexity index is 553. The lowest BCUT2D eigenvalue weighted by molar-refractivity contribution is 0.0765. The molecule has 1 saturated heterocycles. The second-order valence-electron chi connectivity index (χ2n) is 5.81. The number of carbonyl (C=O) groups excluding carboxylic acids is 2. The van der Waals surface area contributed by atoms with Gasteiger partial charge in [0.25, 0.3) is 0 Å². The Morgan fingerprint density at radius 3 is 2.48 bits per heavy atom. The molecule has 3 rings (SSSR count). The molecule has 1 unspecified atom stereocenters. The molecule has 1 aliphatic carbocycles. The van der Waals surface area contributed by atoms with Crippen molar-refractivity contribution < 1.29 is 14.1 Å². The van der Waals surface area contributed by atoms with Crippen LogP contribution in [0.1, 0.15) is 42.5 Å². The summed E-state index contributed by atoms with van der Waals surface area (Å²) in [4.78, 5) is 25.4. The van der Waals surface area contributed by atoms with E-state index in [1.807, 2.05) is 9.47 Å². The van der Waals surface area contributed by atoms with Crippen molar-refractivity contribution >= 4 is 27.2 Å². The van der Waals surface area contributed by atoms with Crippen LogP contribution in [0.5, 0.6) is 0 Å². The Morgan fingerprint density at radius 1 is 1.19 bits per heavy atom. The number of carbonyl (C=O) groups is 2. The highest BCUT2D eigenvalue weighted by molar-refractivity contribution is 7.10. The molecule has 1 atom stereocenters. The molecule has 1 aromatic rings. The van der Waals surface area contributed by atoms with E-state index in [1.54, 1.807) is 29.2 Å². The van der Waals surface area contributed by atoms with Crippen LogP contribution in [0.25, 0.3) is 0 Å². The molecule has 0 bridgehead atoms. The van der Waals surface area contributed by atoms with Crippen LogP contribution in [0.15, 0.2) is 24.3 Å². The molecular weight excluding hydrogens is 287 g/mol. The molecule has 1 aliphatic heterocycles. The van der Waals surface area contributed by atoms with Crippen LogP contribution in [0.3, 0.4) is 0 Å². The first-order valence-corrected chi connectivity index (χ1v) is 7.71. The summed E-state index contributed by atoms with van der Waals surface area (Å²) in [6.45, 7) is 0.708. The minimum absolute atomic E-state index is 0.0433. The van der Waals surface area contributed by atoms with Crippen LogP contribution in [0.4, 0.5) is 10.5 Å². The highest BCUT2D eigenvalue weighted by atomic mass is 31.0. The Kier molecular flexibility index (Phi) is 3.85. The molecule has 2 amide bonds. The highest BCUT2D eigenvalue weighted by Gasteiger charge is 2.43. The van der Waals surface area contributed by atoms with E-state index < -0.39 is 5.97 Å². The molecule has 1 spiro atoms. The summed E-state index contributed by atoms with van der Waals surface area (Å²) < 4.78 is 4.60. The molecule has 2 aliphatic rings. The fraction of sp³-hybridized carbons (Fsp3) is 0.467. The number of amides is 2.